The number of aryl methyl sites for hydroxylation is 1. The molecule has 1 aliphatic heterocycles. The van der Waals surface area contributed by atoms with Crippen LogP contribution in [0.3, 0.4) is 0 Å². The van der Waals surface area contributed by atoms with E-state index in [1.807, 2.05) is 26.1 Å². The smallest absolute Gasteiger partial charge is 0.156 e. The second-order valence-electron chi connectivity index (χ2n) is 6.65. The van der Waals surface area contributed by atoms with Crippen LogP contribution in [0.4, 0.5) is 15.9 Å². The Kier molecular flexibility index (Phi) is 4.70. The fourth-order valence-electron chi connectivity index (χ4n) is 3.08. The molecule has 1 aliphatic rings. The van der Waals surface area contributed by atoms with Crippen molar-refractivity contribution in [1.82, 2.24) is 9.97 Å². The fourth-order valence-corrected chi connectivity index (χ4v) is 4.03. The van der Waals surface area contributed by atoms with Crippen molar-refractivity contribution in [3.05, 3.63) is 59.7 Å². The zero-order valence-corrected chi connectivity index (χ0v) is 15.9. The summed E-state index contributed by atoms with van der Waals surface area (Å²) in [4.78, 5) is 13.4. The first-order valence-corrected chi connectivity index (χ1v) is 9.79. The van der Waals surface area contributed by atoms with Gasteiger partial charge in [0.1, 0.15) is 17.2 Å². The highest BCUT2D eigenvalue weighted by Crippen LogP contribution is 2.33. The van der Waals surface area contributed by atoms with Crippen LogP contribution in [0.5, 0.6) is 0 Å². The quantitative estimate of drug-likeness (QED) is 0.705. The molecule has 0 radical (unpaired) electrons. The number of anilines is 2. The number of hydrogen-bond acceptors (Lipinski definition) is 6. The molecule has 0 bridgehead atoms. The summed E-state index contributed by atoms with van der Waals surface area (Å²) in [6.45, 7) is 4.01. The van der Waals surface area contributed by atoms with Crippen LogP contribution in [0.15, 0.2) is 47.7 Å². The maximum atomic E-state index is 14.4. The molecular weight excluding hydrogens is 361 g/mol. The van der Waals surface area contributed by atoms with Crippen LogP contribution < -0.4 is 11.1 Å². The van der Waals surface area contributed by atoms with E-state index in [2.05, 4.69) is 26.3 Å². The highest BCUT2D eigenvalue weighted by molar-refractivity contribution is 8.00. The molecule has 1 aromatic carbocycles. The molecule has 5 nitrogen and oxygen atoms in total. The second kappa shape index (κ2) is 7.15. The molecule has 0 saturated heterocycles. The van der Waals surface area contributed by atoms with Crippen molar-refractivity contribution in [2.45, 2.75) is 25.1 Å². The molecule has 2 atom stereocenters. The van der Waals surface area contributed by atoms with Crippen molar-refractivity contribution >= 4 is 40.0 Å². The zero-order valence-electron chi connectivity index (χ0n) is 15.1. The van der Waals surface area contributed by atoms with Gasteiger partial charge >= 0.3 is 0 Å². The summed E-state index contributed by atoms with van der Waals surface area (Å²) in [5.41, 5.74) is 9.10. The minimum absolute atomic E-state index is 0.167. The van der Waals surface area contributed by atoms with E-state index in [0.29, 0.717) is 23.0 Å². The molecule has 3 heterocycles. The van der Waals surface area contributed by atoms with Crippen molar-refractivity contribution in [2.75, 3.05) is 11.1 Å². The van der Waals surface area contributed by atoms with Crippen LogP contribution in [0, 0.1) is 12.7 Å². The third-order valence-electron chi connectivity index (χ3n) is 4.58. The standard InChI is InChI=1S/C20H20FN5S/c1-11-7-13-5-6-23-20(18(13)24-9-11)25-14-3-4-16(21)15(8-14)17-10-27-12(2)19(22)26-17/h3-9,12,17H,10H2,1-2H3,(H2,22,26)(H,23,25). The molecule has 3 N–H and O–H groups in total. The average Bonchev–Trinajstić information content (AvgIpc) is 2.65. The molecule has 4 rings (SSSR count). The first-order chi connectivity index (χ1) is 13.0. The van der Waals surface area contributed by atoms with Gasteiger partial charge in [-0.05, 0) is 49.7 Å². The number of aliphatic imine (C=N–C) groups is 1. The number of aromatic nitrogens is 2. The van der Waals surface area contributed by atoms with Gasteiger partial charge in [0.05, 0.1) is 11.3 Å². The molecule has 138 valence electrons. The fraction of sp³-hybridized carbons (Fsp3) is 0.250. The Morgan fingerprint density at radius 1 is 1.22 bits per heavy atom. The lowest BCUT2D eigenvalue weighted by atomic mass is 10.1. The second-order valence-corrected chi connectivity index (χ2v) is 8.02. The lowest BCUT2D eigenvalue weighted by Crippen LogP contribution is -2.29. The lowest BCUT2D eigenvalue weighted by Gasteiger charge is -2.24. The van der Waals surface area contributed by atoms with Gasteiger partial charge in [-0.3, -0.25) is 9.98 Å². The number of pyridine rings is 2. The lowest BCUT2D eigenvalue weighted by molar-refractivity contribution is 0.595. The molecule has 0 spiro atoms. The van der Waals surface area contributed by atoms with E-state index >= 15 is 0 Å². The Morgan fingerprint density at radius 3 is 2.89 bits per heavy atom. The third kappa shape index (κ3) is 3.60. The van der Waals surface area contributed by atoms with Crippen molar-refractivity contribution in [3.63, 3.8) is 0 Å². The van der Waals surface area contributed by atoms with Crippen LogP contribution in [0.2, 0.25) is 0 Å². The number of amidine groups is 1. The molecule has 2 aromatic heterocycles. The van der Waals surface area contributed by atoms with Crippen LogP contribution >= 0.6 is 11.8 Å². The van der Waals surface area contributed by atoms with Crippen LogP contribution in [0.1, 0.15) is 24.1 Å². The normalized spacial score (nSPS) is 19.7. The number of rotatable bonds is 3. The Hall–Kier alpha value is -2.67. The number of nitrogens with two attached hydrogens (primary N) is 1. The number of benzene rings is 1. The molecular formula is C20H20FN5S. The molecule has 2 unspecified atom stereocenters. The van der Waals surface area contributed by atoms with Gasteiger partial charge in [-0.2, -0.15) is 0 Å². The number of nitrogens with zero attached hydrogens (tertiary/aromatic N) is 3. The summed E-state index contributed by atoms with van der Waals surface area (Å²) in [5.74, 6) is 1.62. The molecule has 27 heavy (non-hydrogen) atoms. The summed E-state index contributed by atoms with van der Waals surface area (Å²) in [6, 6.07) is 8.63. The van der Waals surface area contributed by atoms with Crippen LogP contribution in [-0.4, -0.2) is 26.8 Å². The molecule has 0 fully saturated rings. The summed E-state index contributed by atoms with van der Waals surface area (Å²) in [7, 11) is 0. The zero-order chi connectivity index (χ0) is 19.0. The van der Waals surface area contributed by atoms with E-state index in [-0.39, 0.29) is 17.1 Å². The molecule has 3 aromatic rings. The Labute approximate surface area is 161 Å². The van der Waals surface area contributed by atoms with E-state index in [4.69, 9.17) is 5.73 Å². The van der Waals surface area contributed by atoms with Gasteiger partial charge in [-0.25, -0.2) is 9.37 Å². The van der Waals surface area contributed by atoms with Crippen molar-refractivity contribution in [1.29, 1.82) is 0 Å². The average molecular weight is 381 g/mol. The van der Waals surface area contributed by atoms with E-state index in [1.54, 1.807) is 30.1 Å². The third-order valence-corrected chi connectivity index (χ3v) is 5.83. The van der Waals surface area contributed by atoms with Crippen molar-refractivity contribution < 1.29 is 4.39 Å². The summed E-state index contributed by atoms with van der Waals surface area (Å²) >= 11 is 1.69. The number of nitrogens with one attached hydrogen (secondary N) is 1. The van der Waals surface area contributed by atoms with Gasteiger partial charge in [0.25, 0.3) is 0 Å². The largest absolute Gasteiger partial charge is 0.387 e. The Balaban J connectivity index is 1.68. The monoisotopic (exact) mass is 381 g/mol. The Bertz CT molecular complexity index is 1040. The van der Waals surface area contributed by atoms with Crippen molar-refractivity contribution in [3.8, 4) is 0 Å². The van der Waals surface area contributed by atoms with Gasteiger partial charge in [0.2, 0.25) is 0 Å². The number of hydrogen-bond donors (Lipinski definition) is 2. The highest BCUT2D eigenvalue weighted by Gasteiger charge is 2.23. The minimum atomic E-state index is -0.283. The summed E-state index contributed by atoms with van der Waals surface area (Å²) < 4.78 is 14.4. The molecule has 7 heteroatoms. The molecule has 0 amide bonds. The van der Waals surface area contributed by atoms with Gasteiger partial charge in [-0.15, -0.1) is 11.8 Å². The van der Waals surface area contributed by atoms with Gasteiger partial charge in [0, 0.05) is 34.8 Å². The van der Waals surface area contributed by atoms with E-state index < -0.39 is 0 Å². The van der Waals surface area contributed by atoms with E-state index in [1.165, 1.54) is 6.07 Å². The van der Waals surface area contributed by atoms with Gasteiger partial charge in [-0.1, -0.05) is 0 Å². The number of fused-ring (bicyclic) bond motifs is 1. The SMILES string of the molecule is Cc1cnc2c(Nc3ccc(F)c(C4CSC(C)C(N)=N4)c3)nccc2c1. The van der Waals surface area contributed by atoms with Gasteiger partial charge < -0.3 is 11.1 Å². The van der Waals surface area contributed by atoms with Gasteiger partial charge in [0.15, 0.2) is 5.82 Å². The number of thioether (sulfide) groups is 1. The maximum absolute atomic E-state index is 14.4. The summed E-state index contributed by atoms with van der Waals surface area (Å²) in [5, 5.41) is 4.44. The first-order valence-electron chi connectivity index (χ1n) is 8.74. The topological polar surface area (TPSA) is 76.2 Å². The first kappa shape index (κ1) is 17.7. The number of halogens is 1. The minimum Gasteiger partial charge on any atom is -0.387 e. The maximum Gasteiger partial charge on any atom is 0.156 e. The van der Waals surface area contributed by atoms with Crippen LogP contribution in [-0.2, 0) is 0 Å². The summed E-state index contributed by atoms with van der Waals surface area (Å²) in [6.07, 6.45) is 3.55. The molecule has 0 aliphatic carbocycles. The van der Waals surface area contributed by atoms with Crippen molar-refractivity contribution in [2.24, 2.45) is 10.7 Å². The van der Waals surface area contributed by atoms with E-state index in [0.717, 1.165) is 22.2 Å². The van der Waals surface area contributed by atoms with E-state index in [9.17, 15) is 4.39 Å². The molecule has 0 saturated carbocycles. The predicted molar refractivity (Wildman–Crippen MR) is 110 cm³/mol. The predicted octanol–water partition coefficient (Wildman–Crippen LogP) is 4.35. The van der Waals surface area contributed by atoms with Crippen LogP contribution in [0.25, 0.3) is 10.9 Å². The Morgan fingerprint density at radius 2 is 2.07 bits per heavy atom. The highest BCUT2D eigenvalue weighted by atomic mass is 32.2.